The molecule has 1 atom stereocenters. The molecule has 0 aromatic heterocycles. The van der Waals surface area contributed by atoms with Crippen molar-refractivity contribution >= 4 is 29.3 Å². The van der Waals surface area contributed by atoms with Crippen molar-refractivity contribution in [1.82, 2.24) is 15.1 Å². The molecule has 1 unspecified atom stereocenters. The standard InChI is InChI=1S/C17H20ClN3O3/c1-12(22)20-6-7-21(11-17(10-20)8-15(23)19-9-17)16(24)13-2-4-14(18)5-3-13/h2-5H,6-11H2,1H3,(H,19,23). The summed E-state index contributed by atoms with van der Waals surface area (Å²) in [6.07, 6.45) is 0.335. The summed E-state index contributed by atoms with van der Waals surface area (Å²) in [6.45, 7) is 3.89. The highest BCUT2D eigenvalue weighted by molar-refractivity contribution is 6.30. The van der Waals surface area contributed by atoms with Gasteiger partial charge in [0.15, 0.2) is 0 Å². The van der Waals surface area contributed by atoms with E-state index in [2.05, 4.69) is 5.32 Å². The van der Waals surface area contributed by atoms with E-state index in [9.17, 15) is 14.4 Å². The molecule has 2 heterocycles. The zero-order valence-electron chi connectivity index (χ0n) is 13.5. The molecule has 0 aliphatic carbocycles. The summed E-state index contributed by atoms with van der Waals surface area (Å²) in [6, 6.07) is 6.77. The number of halogens is 1. The van der Waals surface area contributed by atoms with Crippen LogP contribution in [-0.2, 0) is 9.59 Å². The Hall–Kier alpha value is -2.08. The van der Waals surface area contributed by atoms with Gasteiger partial charge >= 0.3 is 0 Å². The molecule has 1 aromatic rings. The highest BCUT2D eigenvalue weighted by atomic mass is 35.5. The van der Waals surface area contributed by atoms with Gasteiger partial charge in [-0.05, 0) is 24.3 Å². The van der Waals surface area contributed by atoms with Gasteiger partial charge in [-0.3, -0.25) is 14.4 Å². The fourth-order valence-electron chi connectivity index (χ4n) is 3.45. The average molecular weight is 350 g/mol. The van der Waals surface area contributed by atoms with Crippen molar-refractivity contribution in [2.75, 3.05) is 32.7 Å². The van der Waals surface area contributed by atoms with Crippen molar-refractivity contribution in [1.29, 1.82) is 0 Å². The molecule has 2 aliphatic heterocycles. The molecule has 1 spiro atoms. The van der Waals surface area contributed by atoms with Gasteiger partial charge in [0.1, 0.15) is 0 Å². The summed E-state index contributed by atoms with van der Waals surface area (Å²) >= 11 is 5.88. The fourth-order valence-corrected chi connectivity index (χ4v) is 3.58. The van der Waals surface area contributed by atoms with Crippen molar-refractivity contribution in [3.8, 4) is 0 Å². The fraction of sp³-hybridized carbons (Fsp3) is 0.471. The van der Waals surface area contributed by atoms with E-state index in [0.29, 0.717) is 49.7 Å². The van der Waals surface area contributed by atoms with E-state index in [1.54, 1.807) is 34.1 Å². The van der Waals surface area contributed by atoms with E-state index < -0.39 is 5.41 Å². The maximum Gasteiger partial charge on any atom is 0.253 e. The molecular weight excluding hydrogens is 330 g/mol. The first-order valence-electron chi connectivity index (χ1n) is 7.96. The molecule has 0 bridgehead atoms. The van der Waals surface area contributed by atoms with Crippen LogP contribution in [0.3, 0.4) is 0 Å². The molecule has 0 radical (unpaired) electrons. The third-order valence-corrected chi connectivity index (χ3v) is 4.96. The molecule has 2 aliphatic rings. The van der Waals surface area contributed by atoms with Crippen LogP contribution >= 0.6 is 11.6 Å². The monoisotopic (exact) mass is 349 g/mol. The molecule has 2 fully saturated rings. The zero-order chi connectivity index (χ0) is 17.3. The molecule has 1 aromatic carbocycles. The number of nitrogens with one attached hydrogen (secondary N) is 1. The molecule has 0 saturated carbocycles. The predicted molar refractivity (Wildman–Crippen MR) is 89.7 cm³/mol. The number of amides is 3. The van der Waals surface area contributed by atoms with Crippen LogP contribution in [0, 0.1) is 5.41 Å². The highest BCUT2D eigenvalue weighted by Crippen LogP contribution is 2.31. The topological polar surface area (TPSA) is 69.7 Å². The van der Waals surface area contributed by atoms with Crippen LogP contribution in [0.25, 0.3) is 0 Å². The quantitative estimate of drug-likeness (QED) is 0.827. The van der Waals surface area contributed by atoms with Crippen LogP contribution in [0.5, 0.6) is 0 Å². The Labute approximate surface area is 145 Å². The first-order chi connectivity index (χ1) is 11.4. The van der Waals surface area contributed by atoms with Gasteiger partial charge in [-0.1, -0.05) is 11.6 Å². The van der Waals surface area contributed by atoms with Crippen molar-refractivity contribution in [2.24, 2.45) is 5.41 Å². The lowest BCUT2D eigenvalue weighted by molar-refractivity contribution is -0.130. The lowest BCUT2D eigenvalue weighted by atomic mass is 9.86. The van der Waals surface area contributed by atoms with Gasteiger partial charge in [0, 0.05) is 62.1 Å². The summed E-state index contributed by atoms with van der Waals surface area (Å²) in [5.41, 5.74) is 0.143. The van der Waals surface area contributed by atoms with Crippen molar-refractivity contribution in [3.05, 3.63) is 34.9 Å². The normalized spacial score (nSPS) is 24.0. The molecule has 2 saturated heterocycles. The number of carbonyl (C=O) groups excluding carboxylic acids is 3. The maximum atomic E-state index is 12.8. The summed E-state index contributed by atoms with van der Waals surface area (Å²) < 4.78 is 0. The summed E-state index contributed by atoms with van der Waals surface area (Å²) in [7, 11) is 0. The Morgan fingerprint density at radius 2 is 1.75 bits per heavy atom. The number of hydrogen-bond donors (Lipinski definition) is 1. The molecule has 24 heavy (non-hydrogen) atoms. The van der Waals surface area contributed by atoms with E-state index in [1.165, 1.54) is 6.92 Å². The van der Waals surface area contributed by atoms with E-state index in [1.807, 2.05) is 0 Å². The molecule has 3 rings (SSSR count). The van der Waals surface area contributed by atoms with Gasteiger partial charge in [0.2, 0.25) is 11.8 Å². The van der Waals surface area contributed by atoms with Crippen molar-refractivity contribution < 1.29 is 14.4 Å². The van der Waals surface area contributed by atoms with Crippen LogP contribution in [-0.4, -0.2) is 60.2 Å². The average Bonchev–Trinajstić information content (AvgIpc) is 2.79. The third-order valence-electron chi connectivity index (χ3n) is 4.71. The molecule has 6 nitrogen and oxygen atoms in total. The van der Waals surface area contributed by atoms with Crippen LogP contribution in [0.1, 0.15) is 23.7 Å². The van der Waals surface area contributed by atoms with Crippen LogP contribution in [0.2, 0.25) is 5.02 Å². The van der Waals surface area contributed by atoms with E-state index in [0.717, 1.165) is 0 Å². The van der Waals surface area contributed by atoms with Gasteiger partial charge < -0.3 is 15.1 Å². The third kappa shape index (κ3) is 3.38. The van der Waals surface area contributed by atoms with Gasteiger partial charge in [0.05, 0.1) is 0 Å². The Bertz CT molecular complexity index is 676. The smallest absolute Gasteiger partial charge is 0.253 e. The van der Waals surface area contributed by atoms with Crippen LogP contribution in [0.15, 0.2) is 24.3 Å². The van der Waals surface area contributed by atoms with Gasteiger partial charge in [-0.15, -0.1) is 0 Å². The van der Waals surface area contributed by atoms with Gasteiger partial charge in [0.25, 0.3) is 5.91 Å². The van der Waals surface area contributed by atoms with Crippen LogP contribution < -0.4 is 5.32 Å². The predicted octanol–water partition coefficient (Wildman–Crippen LogP) is 1.15. The lowest BCUT2D eigenvalue weighted by Crippen LogP contribution is -2.44. The van der Waals surface area contributed by atoms with E-state index in [4.69, 9.17) is 11.6 Å². The minimum atomic E-state index is -0.415. The lowest BCUT2D eigenvalue weighted by Gasteiger charge is -2.32. The molecule has 128 valence electrons. The second kappa shape index (κ2) is 6.43. The Morgan fingerprint density at radius 1 is 1.12 bits per heavy atom. The van der Waals surface area contributed by atoms with Crippen molar-refractivity contribution in [3.63, 3.8) is 0 Å². The number of nitrogens with zero attached hydrogens (tertiary/aromatic N) is 2. The minimum Gasteiger partial charge on any atom is -0.355 e. The Kier molecular flexibility index (Phi) is 4.49. The zero-order valence-corrected chi connectivity index (χ0v) is 14.3. The molecular formula is C17H20ClN3O3. The molecule has 3 amide bonds. The minimum absolute atomic E-state index is 0.0284. The van der Waals surface area contributed by atoms with Gasteiger partial charge in [-0.2, -0.15) is 0 Å². The molecule has 1 N–H and O–H groups in total. The summed E-state index contributed by atoms with van der Waals surface area (Å²) in [5, 5.41) is 3.42. The van der Waals surface area contributed by atoms with Crippen LogP contribution in [0.4, 0.5) is 0 Å². The largest absolute Gasteiger partial charge is 0.355 e. The second-order valence-electron chi connectivity index (χ2n) is 6.63. The Balaban J connectivity index is 1.85. The van der Waals surface area contributed by atoms with E-state index >= 15 is 0 Å². The van der Waals surface area contributed by atoms with E-state index in [-0.39, 0.29) is 17.7 Å². The first-order valence-corrected chi connectivity index (χ1v) is 8.33. The number of rotatable bonds is 1. The van der Waals surface area contributed by atoms with Crippen molar-refractivity contribution in [2.45, 2.75) is 13.3 Å². The summed E-state index contributed by atoms with van der Waals surface area (Å²) in [5.74, 6) is -0.162. The first kappa shape index (κ1) is 16.8. The second-order valence-corrected chi connectivity index (χ2v) is 7.06. The highest BCUT2D eigenvalue weighted by Gasteiger charge is 2.44. The molecule has 7 heteroatoms. The maximum absolute atomic E-state index is 12.8. The summed E-state index contributed by atoms with van der Waals surface area (Å²) in [4.78, 5) is 39.9. The number of benzene rings is 1. The Morgan fingerprint density at radius 3 is 2.33 bits per heavy atom. The SMILES string of the molecule is CC(=O)N1CCN(C(=O)c2ccc(Cl)cc2)CC2(CNC(=O)C2)C1. The number of hydrogen-bond acceptors (Lipinski definition) is 3. The van der Waals surface area contributed by atoms with Gasteiger partial charge in [-0.25, -0.2) is 0 Å². The number of carbonyl (C=O) groups is 3.